The maximum atomic E-state index is 12.7. The molecule has 0 aliphatic rings. The smallest absolute Gasteiger partial charge is 0.333 e. The van der Waals surface area contributed by atoms with E-state index in [0.717, 1.165) is 4.57 Å². The Morgan fingerprint density at radius 3 is 2.68 bits per heavy atom. The molecule has 1 N–H and O–H groups in total. The minimum absolute atomic E-state index is 0.110. The molecule has 0 unspecified atom stereocenters. The number of fused-ring (bicyclic) bond motifs is 1. The molecule has 3 aromatic heterocycles. The summed E-state index contributed by atoms with van der Waals surface area (Å²) in [7, 11) is 2.91. The van der Waals surface area contributed by atoms with E-state index in [-0.39, 0.29) is 22.9 Å². The van der Waals surface area contributed by atoms with Crippen molar-refractivity contribution in [1.29, 1.82) is 0 Å². The second-order valence-electron chi connectivity index (χ2n) is 5.73. The van der Waals surface area contributed by atoms with E-state index >= 15 is 0 Å². The van der Waals surface area contributed by atoms with Gasteiger partial charge in [-0.3, -0.25) is 29.0 Å². The number of aromatic nitrogens is 3. The Kier molecular flexibility index (Phi) is 4.26. The maximum Gasteiger partial charge on any atom is 0.333 e. The molecule has 3 heterocycles. The third-order valence-corrected chi connectivity index (χ3v) is 3.97. The minimum atomic E-state index is -0.504. The van der Waals surface area contributed by atoms with Gasteiger partial charge in [0.2, 0.25) is 17.5 Å². The van der Waals surface area contributed by atoms with Gasteiger partial charge in [0.25, 0.3) is 5.56 Å². The molecule has 0 saturated heterocycles. The van der Waals surface area contributed by atoms with E-state index in [2.05, 4.69) is 10.3 Å². The molecule has 1 amide bonds. The van der Waals surface area contributed by atoms with Gasteiger partial charge in [-0.05, 0) is 12.5 Å². The van der Waals surface area contributed by atoms with Crippen LogP contribution in [-0.4, -0.2) is 20.0 Å². The summed E-state index contributed by atoms with van der Waals surface area (Å²) < 4.78 is 7.96. The SMILES string of the molecule is CCCC(=O)Nc1oc2c(c1-c1cccnc1)c(=O)n(C)c(=O)n2C. The fourth-order valence-corrected chi connectivity index (χ4v) is 2.71. The lowest BCUT2D eigenvalue weighted by Crippen LogP contribution is -2.36. The molecule has 8 nitrogen and oxygen atoms in total. The minimum Gasteiger partial charge on any atom is -0.423 e. The Morgan fingerprint density at radius 1 is 1.28 bits per heavy atom. The van der Waals surface area contributed by atoms with Crippen molar-refractivity contribution >= 4 is 22.9 Å². The van der Waals surface area contributed by atoms with Gasteiger partial charge in [0.05, 0.1) is 5.56 Å². The monoisotopic (exact) mass is 342 g/mol. The van der Waals surface area contributed by atoms with Crippen LogP contribution in [-0.2, 0) is 18.9 Å². The molecule has 0 aromatic carbocycles. The highest BCUT2D eigenvalue weighted by atomic mass is 16.4. The Hall–Kier alpha value is -3.16. The van der Waals surface area contributed by atoms with Crippen molar-refractivity contribution in [3.63, 3.8) is 0 Å². The van der Waals surface area contributed by atoms with Crippen molar-refractivity contribution in [1.82, 2.24) is 14.1 Å². The first-order valence-corrected chi connectivity index (χ1v) is 7.88. The summed E-state index contributed by atoms with van der Waals surface area (Å²) in [5, 5.41) is 2.92. The van der Waals surface area contributed by atoms with Crippen molar-refractivity contribution in [3.8, 4) is 11.1 Å². The van der Waals surface area contributed by atoms with Crippen molar-refractivity contribution in [2.24, 2.45) is 14.1 Å². The summed E-state index contributed by atoms with van der Waals surface area (Å²) >= 11 is 0. The van der Waals surface area contributed by atoms with E-state index in [1.54, 1.807) is 24.5 Å². The number of carbonyl (C=O) groups excluding carboxylic acids is 1. The summed E-state index contributed by atoms with van der Waals surface area (Å²) in [6.07, 6.45) is 4.17. The van der Waals surface area contributed by atoms with Gasteiger partial charge in [0.15, 0.2) is 0 Å². The number of rotatable bonds is 4. The third-order valence-electron chi connectivity index (χ3n) is 3.97. The molecule has 3 aromatic rings. The van der Waals surface area contributed by atoms with Gasteiger partial charge in [-0.25, -0.2) is 4.79 Å². The molecule has 0 atom stereocenters. The Morgan fingerprint density at radius 2 is 2.04 bits per heavy atom. The van der Waals surface area contributed by atoms with Crippen molar-refractivity contribution in [3.05, 3.63) is 45.4 Å². The number of hydrogen-bond donors (Lipinski definition) is 1. The van der Waals surface area contributed by atoms with Crippen molar-refractivity contribution in [2.45, 2.75) is 19.8 Å². The second-order valence-corrected chi connectivity index (χ2v) is 5.73. The molecule has 25 heavy (non-hydrogen) atoms. The number of carbonyl (C=O) groups is 1. The molecule has 130 valence electrons. The summed E-state index contributed by atoms with van der Waals surface area (Å²) in [4.78, 5) is 40.9. The Bertz CT molecular complexity index is 1060. The van der Waals surface area contributed by atoms with Gasteiger partial charge >= 0.3 is 5.69 Å². The third kappa shape index (κ3) is 2.75. The first-order chi connectivity index (χ1) is 12.0. The van der Waals surface area contributed by atoms with Gasteiger partial charge in [-0.2, -0.15) is 0 Å². The van der Waals surface area contributed by atoms with Crippen LogP contribution in [0.5, 0.6) is 0 Å². The highest BCUT2D eigenvalue weighted by molar-refractivity contribution is 6.03. The molecule has 0 spiro atoms. The fraction of sp³-hybridized carbons (Fsp3) is 0.294. The topological polar surface area (TPSA) is 99.1 Å². The maximum absolute atomic E-state index is 12.7. The zero-order valence-corrected chi connectivity index (χ0v) is 14.2. The highest BCUT2D eigenvalue weighted by Gasteiger charge is 2.24. The van der Waals surface area contributed by atoms with Crippen LogP contribution < -0.4 is 16.6 Å². The van der Waals surface area contributed by atoms with Gasteiger partial charge < -0.3 is 4.42 Å². The number of nitrogens with one attached hydrogen (secondary N) is 1. The molecule has 0 radical (unpaired) electrons. The lowest BCUT2D eigenvalue weighted by molar-refractivity contribution is -0.116. The number of pyridine rings is 1. The molecule has 0 fully saturated rings. The first-order valence-electron chi connectivity index (χ1n) is 7.88. The molecule has 0 bridgehead atoms. The van der Waals surface area contributed by atoms with E-state index in [9.17, 15) is 14.4 Å². The molecule has 0 saturated carbocycles. The molecular formula is C17H18N4O4. The average molecular weight is 342 g/mol. The lowest BCUT2D eigenvalue weighted by Gasteiger charge is -2.04. The van der Waals surface area contributed by atoms with Gasteiger partial charge in [0, 0.05) is 38.5 Å². The number of furan rings is 1. The molecule has 8 heteroatoms. The van der Waals surface area contributed by atoms with Gasteiger partial charge in [-0.1, -0.05) is 13.0 Å². The predicted octanol–water partition coefficient (Wildman–Crippen LogP) is 1.63. The van der Waals surface area contributed by atoms with Crippen LogP contribution in [0.3, 0.4) is 0 Å². The van der Waals surface area contributed by atoms with Gasteiger partial charge in [-0.15, -0.1) is 0 Å². The summed E-state index contributed by atoms with van der Waals surface area (Å²) in [6.45, 7) is 1.89. The van der Waals surface area contributed by atoms with Crippen LogP contribution in [0.15, 0.2) is 38.5 Å². The highest BCUT2D eigenvalue weighted by Crippen LogP contribution is 2.35. The van der Waals surface area contributed by atoms with Crippen LogP contribution in [0, 0.1) is 0 Å². The molecule has 0 aliphatic carbocycles. The second kappa shape index (κ2) is 6.39. The normalized spacial score (nSPS) is 11.0. The Balaban J connectivity index is 2.38. The molecule has 3 rings (SSSR count). The van der Waals surface area contributed by atoms with E-state index in [4.69, 9.17) is 4.42 Å². The quantitative estimate of drug-likeness (QED) is 0.777. The van der Waals surface area contributed by atoms with E-state index < -0.39 is 11.2 Å². The average Bonchev–Trinajstić information content (AvgIpc) is 2.98. The van der Waals surface area contributed by atoms with E-state index in [1.165, 1.54) is 18.7 Å². The van der Waals surface area contributed by atoms with Crippen LogP contribution in [0.2, 0.25) is 0 Å². The molecule has 0 aliphatic heterocycles. The van der Waals surface area contributed by atoms with Crippen LogP contribution >= 0.6 is 0 Å². The van der Waals surface area contributed by atoms with Crippen LogP contribution in [0.25, 0.3) is 22.2 Å². The summed E-state index contributed by atoms with van der Waals surface area (Å²) in [5.74, 6) is -0.0896. The Labute approximate surface area is 142 Å². The lowest BCUT2D eigenvalue weighted by atomic mass is 10.1. The van der Waals surface area contributed by atoms with Crippen LogP contribution in [0.4, 0.5) is 5.88 Å². The van der Waals surface area contributed by atoms with E-state index in [0.29, 0.717) is 24.0 Å². The van der Waals surface area contributed by atoms with E-state index in [1.807, 2.05) is 6.92 Å². The van der Waals surface area contributed by atoms with Crippen molar-refractivity contribution < 1.29 is 9.21 Å². The van der Waals surface area contributed by atoms with Crippen molar-refractivity contribution in [2.75, 3.05) is 5.32 Å². The van der Waals surface area contributed by atoms with Gasteiger partial charge in [0.1, 0.15) is 5.39 Å². The summed E-state index contributed by atoms with van der Waals surface area (Å²) in [5.41, 5.74) is 0.151. The number of aryl methyl sites for hydroxylation is 1. The largest absolute Gasteiger partial charge is 0.423 e. The zero-order valence-electron chi connectivity index (χ0n) is 14.2. The fourth-order valence-electron chi connectivity index (χ4n) is 2.71. The number of nitrogens with zero attached hydrogens (tertiary/aromatic N) is 3. The number of anilines is 1. The predicted molar refractivity (Wildman–Crippen MR) is 93.5 cm³/mol. The summed E-state index contributed by atoms with van der Waals surface area (Å²) in [6, 6.07) is 3.48. The first kappa shape index (κ1) is 16.7. The molecular weight excluding hydrogens is 324 g/mol. The standard InChI is InChI=1S/C17H18N4O4/c1-4-6-11(22)19-14-12(10-7-5-8-18-9-10)13-15(23)20(2)17(24)21(3)16(13)25-14/h5,7-9H,4,6H2,1-3H3,(H,19,22). The number of amides is 1. The number of hydrogen-bond acceptors (Lipinski definition) is 5. The zero-order chi connectivity index (χ0) is 18.1. The van der Waals surface area contributed by atoms with Crippen LogP contribution in [0.1, 0.15) is 19.8 Å².